The second kappa shape index (κ2) is 8.61. The van der Waals surface area contributed by atoms with E-state index in [2.05, 4.69) is 10.2 Å². The third-order valence-electron chi connectivity index (χ3n) is 2.54. The van der Waals surface area contributed by atoms with Gasteiger partial charge < -0.3 is 21.3 Å². The van der Waals surface area contributed by atoms with E-state index in [-0.39, 0.29) is 17.1 Å². The highest BCUT2D eigenvalue weighted by atomic mass is 16.5. The second-order valence-electron chi connectivity index (χ2n) is 4.29. The van der Waals surface area contributed by atoms with E-state index in [0.717, 1.165) is 12.4 Å². The van der Waals surface area contributed by atoms with Gasteiger partial charge in [-0.15, -0.1) is 0 Å². The van der Waals surface area contributed by atoms with Gasteiger partial charge in [-0.3, -0.25) is 19.2 Å². The lowest BCUT2D eigenvalue weighted by atomic mass is 10.1. The van der Waals surface area contributed by atoms with Gasteiger partial charge in [-0.25, -0.2) is 10.9 Å². The second-order valence-corrected chi connectivity index (χ2v) is 4.29. The molecule has 0 aliphatic carbocycles. The molecule has 1 rings (SSSR count). The Balaban J connectivity index is 3.01. The van der Waals surface area contributed by atoms with Gasteiger partial charge in [0, 0.05) is 5.56 Å². The molecular weight excluding hydrogens is 336 g/mol. The summed E-state index contributed by atoms with van der Waals surface area (Å²) in [5.41, 5.74) is 13.6. The summed E-state index contributed by atoms with van der Waals surface area (Å²) >= 11 is 0. The van der Waals surface area contributed by atoms with Crippen LogP contribution in [0.3, 0.4) is 0 Å². The maximum absolute atomic E-state index is 11.0. The van der Waals surface area contributed by atoms with Crippen molar-refractivity contribution in [2.75, 3.05) is 7.11 Å². The maximum Gasteiger partial charge on any atom is 0.329 e. The molecule has 0 saturated heterocycles. The number of phenols is 1. The van der Waals surface area contributed by atoms with E-state index in [4.69, 9.17) is 16.2 Å². The molecule has 1 aromatic rings. The van der Waals surface area contributed by atoms with E-state index in [9.17, 15) is 24.3 Å². The van der Waals surface area contributed by atoms with E-state index >= 15 is 0 Å². The molecule has 0 heterocycles. The van der Waals surface area contributed by atoms with Crippen molar-refractivity contribution in [1.29, 1.82) is 0 Å². The molecule has 0 bridgehead atoms. The largest absolute Gasteiger partial charge is 0.504 e. The molecule has 7 N–H and O–H groups in total. The molecular formula is C13H14N6O6. The summed E-state index contributed by atoms with van der Waals surface area (Å²) in [5.74, 6) is -4.97. The van der Waals surface area contributed by atoms with Gasteiger partial charge in [-0.05, 0) is 17.7 Å². The van der Waals surface area contributed by atoms with E-state index in [1.54, 1.807) is 0 Å². The number of ether oxygens (including phenoxy) is 1. The topological polar surface area (TPSA) is 199 Å². The Kier molecular flexibility index (Phi) is 6.58. The van der Waals surface area contributed by atoms with Crippen molar-refractivity contribution in [3.05, 3.63) is 23.3 Å². The summed E-state index contributed by atoms with van der Waals surface area (Å²) in [7, 11) is 1.29. The van der Waals surface area contributed by atoms with Crippen LogP contribution in [0.25, 0.3) is 0 Å². The smallest absolute Gasteiger partial charge is 0.329 e. The summed E-state index contributed by atoms with van der Waals surface area (Å²) in [6, 6.07) is 2.73. The van der Waals surface area contributed by atoms with Gasteiger partial charge in [-0.2, -0.15) is 10.2 Å². The predicted octanol–water partition coefficient (Wildman–Crippen LogP) is -2.73. The van der Waals surface area contributed by atoms with E-state index < -0.39 is 23.6 Å². The number of primary amides is 2. The number of aromatic hydroxyl groups is 1. The van der Waals surface area contributed by atoms with Crippen LogP contribution < -0.4 is 27.1 Å². The molecule has 1 aromatic carbocycles. The number of hydrogen-bond acceptors (Lipinski definition) is 8. The predicted molar refractivity (Wildman–Crippen MR) is 84.5 cm³/mol. The number of benzene rings is 1. The third-order valence-corrected chi connectivity index (χ3v) is 2.54. The Morgan fingerprint density at radius 2 is 1.56 bits per heavy atom. The van der Waals surface area contributed by atoms with Gasteiger partial charge in [0.05, 0.1) is 19.5 Å². The monoisotopic (exact) mass is 350 g/mol. The number of amides is 4. The van der Waals surface area contributed by atoms with E-state index in [0.29, 0.717) is 5.56 Å². The Hall–Kier alpha value is -3.96. The standard InChI is InChI=1S/C13H14N6O6/c1-25-8-3-6(4-16-18-12(23)10(14)21)2-7(9(8)20)5-17-19-13(24)11(15)22/h2-5,20H,1H3,(H2,14,21)(H2,15,22)(H,18,23)(H,19,24). The van der Waals surface area contributed by atoms with Crippen molar-refractivity contribution in [3.63, 3.8) is 0 Å². The fourth-order valence-electron chi connectivity index (χ4n) is 1.42. The number of nitrogens with one attached hydrogen (secondary N) is 2. The van der Waals surface area contributed by atoms with Gasteiger partial charge in [0.2, 0.25) is 0 Å². The normalized spacial score (nSPS) is 10.6. The Bertz CT molecular complexity index is 773. The zero-order chi connectivity index (χ0) is 19.0. The molecule has 4 amide bonds. The molecule has 0 fully saturated rings. The Labute approximate surface area is 140 Å². The Morgan fingerprint density at radius 1 is 1.04 bits per heavy atom. The molecule has 0 atom stereocenters. The maximum atomic E-state index is 11.0. The van der Waals surface area contributed by atoms with Gasteiger partial charge in [0.1, 0.15) is 0 Å². The van der Waals surface area contributed by atoms with Crippen LogP contribution in [0.15, 0.2) is 22.3 Å². The lowest BCUT2D eigenvalue weighted by Crippen LogP contribution is -2.33. The van der Waals surface area contributed by atoms with Crippen LogP contribution in [0.1, 0.15) is 11.1 Å². The number of rotatable bonds is 5. The lowest BCUT2D eigenvalue weighted by Gasteiger charge is -2.07. The molecule has 132 valence electrons. The van der Waals surface area contributed by atoms with Gasteiger partial charge in [0.25, 0.3) is 0 Å². The van der Waals surface area contributed by atoms with Crippen molar-refractivity contribution < 1.29 is 29.0 Å². The zero-order valence-corrected chi connectivity index (χ0v) is 12.8. The minimum Gasteiger partial charge on any atom is -0.504 e. The molecule has 0 unspecified atom stereocenters. The minimum atomic E-state index is -1.23. The van der Waals surface area contributed by atoms with Crippen LogP contribution >= 0.6 is 0 Å². The Morgan fingerprint density at radius 3 is 2.04 bits per heavy atom. The summed E-state index contributed by atoms with van der Waals surface area (Å²) < 4.78 is 4.96. The number of nitrogens with two attached hydrogens (primary N) is 2. The molecule has 12 heteroatoms. The highest BCUT2D eigenvalue weighted by molar-refractivity contribution is 6.34. The number of hydrogen-bond donors (Lipinski definition) is 5. The number of phenolic OH excluding ortho intramolecular Hbond substituents is 1. The number of carbonyl (C=O) groups is 4. The highest BCUT2D eigenvalue weighted by Crippen LogP contribution is 2.29. The lowest BCUT2D eigenvalue weighted by molar-refractivity contribution is -0.137. The number of nitrogens with zero attached hydrogens (tertiary/aromatic N) is 2. The van der Waals surface area contributed by atoms with E-state index in [1.807, 2.05) is 10.9 Å². The molecule has 12 nitrogen and oxygen atoms in total. The molecule has 0 radical (unpaired) electrons. The summed E-state index contributed by atoms with van der Waals surface area (Å²) in [6.45, 7) is 0. The molecule has 0 saturated carbocycles. The first-order chi connectivity index (χ1) is 11.8. The molecule has 0 aliphatic rings. The van der Waals surface area contributed by atoms with Crippen molar-refractivity contribution >= 4 is 36.1 Å². The van der Waals surface area contributed by atoms with Crippen LogP contribution in [0.4, 0.5) is 0 Å². The molecule has 0 aromatic heterocycles. The van der Waals surface area contributed by atoms with Gasteiger partial charge in [0.15, 0.2) is 11.5 Å². The van der Waals surface area contributed by atoms with Gasteiger partial charge >= 0.3 is 23.6 Å². The molecule has 0 spiro atoms. The first kappa shape index (κ1) is 19.1. The molecule has 0 aliphatic heterocycles. The fraction of sp³-hybridized carbons (Fsp3) is 0.0769. The summed E-state index contributed by atoms with van der Waals surface area (Å²) in [6.07, 6.45) is 2.17. The summed E-state index contributed by atoms with van der Waals surface area (Å²) in [5, 5.41) is 16.9. The van der Waals surface area contributed by atoms with E-state index in [1.165, 1.54) is 19.2 Å². The number of hydrazone groups is 2. The van der Waals surface area contributed by atoms with Crippen LogP contribution in [-0.2, 0) is 19.2 Å². The van der Waals surface area contributed by atoms with Crippen molar-refractivity contribution in [2.24, 2.45) is 21.7 Å². The third kappa shape index (κ3) is 5.63. The number of methoxy groups -OCH3 is 1. The highest BCUT2D eigenvalue weighted by Gasteiger charge is 2.10. The first-order valence-electron chi connectivity index (χ1n) is 6.43. The van der Waals surface area contributed by atoms with Crippen LogP contribution in [0, 0.1) is 0 Å². The van der Waals surface area contributed by atoms with Crippen LogP contribution in [0.2, 0.25) is 0 Å². The summed E-state index contributed by atoms with van der Waals surface area (Å²) in [4.78, 5) is 43.1. The van der Waals surface area contributed by atoms with Crippen molar-refractivity contribution in [3.8, 4) is 11.5 Å². The average molecular weight is 350 g/mol. The zero-order valence-electron chi connectivity index (χ0n) is 12.8. The van der Waals surface area contributed by atoms with Gasteiger partial charge in [-0.1, -0.05) is 0 Å². The minimum absolute atomic E-state index is 0.0351. The van der Waals surface area contributed by atoms with Crippen LogP contribution in [-0.4, -0.2) is 48.3 Å². The molecule has 25 heavy (non-hydrogen) atoms. The fourth-order valence-corrected chi connectivity index (χ4v) is 1.42. The van der Waals surface area contributed by atoms with Crippen LogP contribution in [0.5, 0.6) is 11.5 Å². The van der Waals surface area contributed by atoms with Crippen molar-refractivity contribution in [1.82, 2.24) is 10.9 Å². The SMILES string of the molecule is COc1cc(C=NNC(=O)C(N)=O)cc(C=NNC(=O)C(N)=O)c1O. The van der Waals surface area contributed by atoms with Crippen molar-refractivity contribution in [2.45, 2.75) is 0 Å². The first-order valence-corrected chi connectivity index (χ1v) is 6.43. The average Bonchev–Trinajstić information content (AvgIpc) is 2.56. The number of carbonyl (C=O) groups excluding carboxylic acids is 4. The quantitative estimate of drug-likeness (QED) is 0.217.